The molecular weight excluding hydrogens is 254 g/mol. The monoisotopic (exact) mass is 269 g/mol. The van der Waals surface area contributed by atoms with Crippen molar-refractivity contribution in [3.8, 4) is 0 Å². The summed E-state index contributed by atoms with van der Waals surface area (Å²) in [5, 5.41) is 9.32. The summed E-state index contributed by atoms with van der Waals surface area (Å²) in [5.41, 5.74) is 8.20. The molecule has 15 heavy (non-hydrogen) atoms. The van der Waals surface area contributed by atoms with Gasteiger partial charge in [0, 0.05) is 16.4 Å². The second-order valence-corrected chi connectivity index (χ2v) is 5.34. The minimum atomic E-state index is -0.0414. The zero-order valence-electron chi connectivity index (χ0n) is 8.83. The van der Waals surface area contributed by atoms with E-state index in [1.807, 2.05) is 0 Å². The summed E-state index contributed by atoms with van der Waals surface area (Å²) >= 11 is 3.49. The summed E-state index contributed by atoms with van der Waals surface area (Å²) in [6, 6.07) is 6.37. The first-order chi connectivity index (χ1) is 7.13. The first-order valence-corrected chi connectivity index (χ1v) is 5.99. The van der Waals surface area contributed by atoms with Gasteiger partial charge in [-0.1, -0.05) is 28.1 Å². The number of rotatable bonds is 3. The minimum Gasteiger partial charge on any atom is -0.396 e. The predicted octanol–water partition coefficient (Wildman–Crippen LogP) is 2.18. The van der Waals surface area contributed by atoms with E-state index < -0.39 is 0 Å². The van der Waals surface area contributed by atoms with E-state index in [1.165, 1.54) is 11.1 Å². The number of aliphatic hydroxyl groups excluding tert-OH is 1. The SMILES string of the molecule is Cc1cc(C2CC2(CN)CO)ccc1Br. The van der Waals surface area contributed by atoms with E-state index in [4.69, 9.17) is 5.73 Å². The molecule has 0 heterocycles. The second-order valence-electron chi connectivity index (χ2n) is 4.49. The maximum absolute atomic E-state index is 9.32. The average Bonchev–Trinajstić information content (AvgIpc) is 2.97. The van der Waals surface area contributed by atoms with E-state index in [9.17, 15) is 5.11 Å². The Bertz CT molecular complexity index is 374. The second kappa shape index (κ2) is 3.89. The van der Waals surface area contributed by atoms with Crippen LogP contribution >= 0.6 is 15.9 Å². The van der Waals surface area contributed by atoms with E-state index in [1.54, 1.807) is 0 Å². The lowest BCUT2D eigenvalue weighted by Gasteiger charge is -2.11. The zero-order valence-corrected chi connectivity index (χ0v) is 10.4. The maximum atomic E-state index is 9.32. The molecule has 1 aromatic rings. The highest BCUT2D eigenvalue weighted by Gasteiger charge is 2.53. The molecule has 2 rings (SSSR count). The molecule has 1 fully saturated rings. The first-order valence-electron chi connectivity index (χ1n) is 5.20. The van der Waals surface area contributed by atoms with Crippen molar-refractivity contribution in [2.24, 2.45) is 11.1 Å². The molecule has 0 radical (unpaired) electrons. The van der Waals surface area contributed by atoms with Crippen molar-refractivity contribution in [3.63, 3.8) is 0 Å². The van der Waals surface area contributed by atoms with E-state index in [-0.39, 0.29) is 12.0 Å². The molecule has 2 atom stereocenters. The molecule has 0 bridgehead atoms. The van der Waals surface area contributed by atoms with Crippen LogP contribution < -0.4 is 5.73 Å². The van der Waals surface area contributed by atoms with Gasteiger partial charge in [0.1, 0.15) is 0 Å². The van der Waals surface area contributed by atoms with Gasteiger partial charge >= 0.3 is 0 Å². The number of halogens is 1. The van der Waals surface area contributed by atoms with Crippen LogP contribution in [-0.2, 0) is 0 Å². The van der Waals surface area contributed by atoms with Crippen molar-refractivity contribution >= 4 is 15.9 Å². The highest BCUT2D eigenvalue weighted by atomic mass is 79.9. The Labute approximate surface area is 98.6 Å². The molecule has 82 valence electrons. The van der Waals surface area contributed by atoms with E-state index in [0.29, 0.717) is 12.5 Å². The van der Waals surface area contributed by atoms with Gasteiger partial charge in [-0.3, -0.25) is 0 Å². The Morgan fingerprint density at radius 1 is 1.60 bits per heavy atom. The molecule has 1 aliphatic rings. The number of benzene rings is 1. The third kappa shape index (κ3) is 1.84. The molecule has 0 amide bonds. The zero-order chi connectivity index (χ0) is 11.1. The van der Waals surface area contributed by atoms with Gasteiger partial charge in [0.15, 0.2) is 0 Å². The highest BCUT2D eigenvalue weighted by Crippen LogP contribution is 2.58. The molecule has 2 unspecified atom stereocenters. The van der Waals surface area contributed by atoms with Crippen molar-refractivity contribution < 1.29 is 5.11 Å². The van der Waals surface area contributed by atoms with Gasteiger partial charge in [0.25, 0.3) is 0 Å². The van der Waals surface area contributed by atoms with Crippen LogP contribution in [0.15, 0.2) is 22.7 Å². The molecule has 0 aliphatic heterocycles. The molecule has 3 heteroatoms. The fourth-order valence-electron chi connectivity index (χ4n) is 2.17. The number of aryl methyl sites for hydroxylation is 1. The van der Waals surface area contributed by atoms with Crippen LogP contribution in [0.4, 0.5) is 0 Å². The summed E-state index contributed by atoms with van der Waals surface area (Å²) < 4.78 is 1.13. The summed E-state index contributed by atoms with van der Waals surface area (Å²) in [5.74, 6) is 0.444. The molecule has 3 N–H and O–H groups in total. The molecule has 0 saturated heterocycles. The average molecular weight is 270 g/mol. The van der Waals surface area contributed by atoms with Crippen LogP contribution in [0.1, 0.15) is 23.5 Å². The van der Waals surface area contributed by atoms with Gasteiger partial charge in [0.2, 0.25) is 0 Å². The lowest BCUT2D eigenvalue weighted by Crippen LogP contribution is -2.21. The van der Waals surface area contributed by atoms with E-state index in [2.05, 4.69) is 41.1 Å². The number of hydrogen-bond donors (Lipinski definition) is 2. The molecule has 2 nitrogen and oxygen atoms in total. The number of nitrogens with two attached hydrogens (primary N) is 1. The molecule has 1 aromatic carbocycles. The summed E-state index contributed by atoms with van der Waals surface area (Å²) in [4.78, 5) is 0. The minimum absolute atomic E-state index is 0.0414. The van der Waals surface area contributed by atoms with Gasteiger partial charge < -0.3 is 10.8 Å². The van der Waals surface area contributed by atoms with Gasteiger partial charge in [-0.15, -0.1) is 0 Å². The van der Waals surface area contributed by atoms with Crippen LogP contribution in [0, 0.1) is 12.3 Å². The largest absolute Gasteiger partial charge is 0.396 e. The van der Waals surface area contributed by atoms with E-state index in [0.717, 1.165) is 10.9 Å². The Balaban J connectivity index is 2.23. The van der Waals surface area contributed by atoms with Crippen molar-refractivity contribution in [1.82, 2.24) is 0 Å². The first kappa shape index (κ1) is 11.1. The summed E-state index contributed by atoms with van der Waals surface area (Å²) in [6.07, 6.45) is 1.01. The third-order valence-corrected chi connectivity index (χ3v) is 4.39. The lowest BCUT2D eigenvalue weighted by molar-refractivity contribution is 0.211. The van der Waals surface area contributed by atoms with Crippen LogP contribution in [0.5, 0.6) is 0 Å². The van der Waals surface area contributed by atoms with E-state index >= 15 is 0 Å². The normalized spacial score (nSPS) is 29.2. The topological polar surface area (TPSA) is 46.2 Å². The van der Waals surface area contributed by atoms with Gasteiger partial charge in [-0.2, -0.15) is 0 Å². The van der Waals surface area contributed by atoms with Crippen molar-refractivity contribution in [2.75, 3.05) is 13.2 Å². The lowest BCUT2D eigenvalue weighted by atomic mass is 9.99. The molecule has 1 saturated carbocycles. The quantitative estimate of drug-likeness (QED) is 0.884. The Kier molecular flexibility index (Phi) is 2.88. The highest BCUT2D eigenvalue weighted by molar-refractivity contribution is 9.10. The molecule has 0 aromatic heterocycles. The maximum Gasteiger partial charge on any atom is 0.0505 e. The number of hydrogen-bond acceptors (Lipinski definition) is 2. The summed E-state index contributed by atoms with van der Waals surface area (Å²) in [6.45, 7) is 2.85. The van der Waals surface area contributed by atoms with Gasteiger partial charge in [-0.25, -0.2) is 0 Å². The molecule has 1 aliphatic carbocycles. The predicted molar refractivity (Wildman–Crippen MR) is 64.8 cm³/mol. The third-order valence-electron chi connectivity index (χ3n) is 3.50. The fourth-order valence-corrected chi connectivity index (χ4v) is 2.42. The van der Waals surface area contributed by atoms with Crippen molar-refractivity contribution in [3.05, 3.63) is 33.8 Å². The Morgan fingerprint density at radius 2 is 2.33 bits per heavy atom. The van der Waals surface area contributed by atoms with Crippen molar-refractivity contribution in [2.45, 2.75) is 19.3 Å². The fraction of sp³-hybridized carbons (Fsp3) is 0.500. The standard InChI is InChI=1S/C12H16BrNO/c1-8-4-9(2-3-11(8)13)10-5-12(10,6-14)7-15/h2-4,10,15H,5-7,14H2,1H3. The number of aliphatic hydroxyl groups is 1. The van der Waals surface area contributed by atoms with Crippen LogP contribution in [0.3, 0.4) is 0 Å². The smallest absolute Gasteiger partial charge is 0.0505 e. The molecule has 0 spiro atoms. The Hall–Kier alpha value is -0.380. The van der Waals surface area contributed by atoms with Gasteiger partial charge in [0.05, 0.1) is 6.61 Å². The van der Waals surface area contributed by atoms with Crippen LogP contribution in [0.2, 0.25) is 0 Å². The van der Waals surface area contributed by atoms with Crippen LogP contribution in [-0.4, -0.2) is 18.3 Å². The van der Waals surface area contributed by atoms with Crippen molar-refractivity contribution in [1.29, 1.82) is 0 Å². The van der Waals surface area contributed by atoms with Gasteiger partial charge in [-0.05, 0) is 36.5 Å². The Morgan fingerprint density at radius 3 is 2.80 bits per heavy atom. The summed E-state index contributed by atoms with van der Waals surface area (Å²) in [7, 11) is 0. The van der Waals surface area contributed by atoms with Crippen LogP contribution in [0.25, 0.3) is 0 Å². The molecular formula is C12H16BrNO.